The maximum Gasteiger partial charge on any atom is 0.176 e. The molecule has 1 fully saturated rings. The number of rotatable bonds is 2. The SMILES string of the molecule is NCC(=O)c1ccc2c(c1)OCC1(CC1)CO2. The number of ether oxygens (including phenoxy) is 2. The summed E-state index contributed by atoms with van der Waals surface area (Å²) in [7, 11) is 0. The second-order valence-electron chi connectivity index (χ2n) is 4.87. The second-order valence-corrected chi connectivity index (χ2v) is 4.87. The topological polar surface area (TPSA) is 61.6 Å². The van der Waals surface area contributed by atoms with Gasteiger partial charge in [-0.3, -0.25) is 4.79 Å². The fraction of sp³-hybridized carbons (Fsp3) is 0.462. The van der Waals surface area contributed by atoms with Crippen LogP contribution >= 0.6 is 0 Å². The van der Waals surface area contributed by atoms with E-state index in [1.165, 1.54) is 0 Å². The quantitative estimate of drug-likeness (QED) is 0.784. The van der Waals surface area contributed by atoms with Crippen LogP contribution in [0.1, 0.15) is 23.2 Å². The van der Waals surface area contributed by atoms with Crippen molar-refractivity contribution in [3.05, 3.63) is 23.8 Å². The Morgan fingerprint density at radius 3 is 2.59 bits per heavy atom. The highest BCUT2D eigenvalue weighted by Crippen LogP contribution is 2.49. The summed E-state index contributed by atoms with van der Waals surface area (Å²) in [5, 5.41) is 0. The molecule has 1 spiro atoms. The van der Waals surface area contributed by atoms with Crippen LogP contribution < -0.4 is 15.2 Å². The summed E-state index contributed by atoms with van der Waals surface area (Å²) in [4.78, 5) is 11.5. The van der Waals surface area contributed by atoms with E-state index in [2.05, 4.69) is 0 Å². The monoisotopic (exact) mass is 233 g/mol. The first-order chi connectivity index (χ1) is 8.22. The number of ketones is 1. The smallest absolute Gasteiger partial charge is 0.176 e. The molecule has 2 aliphatic rings. The number of hydrogen-bond acceptors (Lipinski definition) is 4. The third-order valence-electron chi connectivity index (χ3n) is 3.48. The number of Topliss-reactive ketones (excluding diaryl/α,β-unsaturated/α-hetero) is 1. The highest BCUT2D eigenvalue weighted by atomic mass is 16.5. The molecule has 0 atom stereocenters. The van der Waals surface area contributed by atoms with Gasteiger partial charge in [0.2, 0.25) is 0 Å². The third-order valence-corrected chi connectivity index (χ3v) is 3.48. The maximum atomic E-state index is 11.5. The van der Waals surface area contributed by atoms with E-state index in [0.717, 1.165) is 18.6 Å². The number of carbonyl (C=O) groups is 1. The highest BCUT2D eigenvalue weighted by Gasteiger charge is 2.46. The standard InChI is InChI=1S/C13H15NO3/c14-6-10(15)9-1-2-11-12(5-9)17-8-13(3-4-13)7-16-11/h1-2,5H,3-4,6-8,14H2. The fourth-order valence-electron chi connectivity index (χ4n) is 2.00. The molecule has 2 N–H and O–H groups in total. The first kappa shape index (κ1) is 10.6. The number of carbonyl (C=O) groups excluding carboxylic acids is 1. The average Bonchev–Trinajstić information content (AvgIpc) is 3.16. The molecule has 1 aliphatic heterocycles. The van der Waals surface area contributed by atoms with Gasteiger partial charge in [-0.05, 0) is 31.0 Å². The molecule has 17 heavy (non-hydrogen) atoms. The van der Waals surface area contributed by atoms with Crippen LogP contribution in [-0.2, 0) is 0 Å². The third kappa shape index (κ3) is 1.89. The zero-order chi connectivity index (χ0) is 11.9. The largest absolute Gasteiger partial charge is 0.489 e. The molecule has 0 amide bonds. The Hall–Kier alpha value is -1.55. The first-order valence-electron chi connectivity index (χ1n) is 5.85. The Labute approximate surface area is 99.7 Å². The Morgan fingerprint density at radius 1 is 1.24 bits per heavy atom. The minimum absolute atomic E-state index is 0.0174. The minimum atomic E-state index is -0.0817. The van der Waals surface area contributed by atoms with E-state index in [1.54, 1.807) is 18.2 Å². The fourth-order valence-corrected chi connectivity index (χ4v) is 2.00. The van der Waals surface area contributed by atoms with Crippen molar-refractivity contribution in [2.24, 2.45) is 11.1 Å². The lowest BCUT2D eigenvalue weighted by Gasteiger charge is -2.08. The van der Waals surface area contributed by atoms with E-state index in [4.69, 9.17) is 15.2 Å². The zero-order valence-corrected chi connectivity index (χ0v) is 9.57. The van der Waals surface area contributed by atoms with Gasteiger partial charge in [0.1, 0.15) is 0 Å². The highest BCUT2D eigenvalue weighted by molar-refractivity contribution is 5.98. The molecule has 1 aromatic rings. The van der Waals surface area contributed by atoms with Crippen LogP contribution in [0, 0.1) is 5.41 Å². The Kier molecular flexibility index (Phi) is 2.33. The van der Waals surface area contributed by atoms with Crippen LogP contribution in [0.2, 0.25) is 0 Å². The maximum absolute atomic E-state index is 11.5. The van der Waals surface area contributed by atoms with Gasteiger partial charge >= 0.3 is 0 Å². The molecule has 3 rings (SSSR count). The minimum Gasteiger partial charge on any atom is -0.489 e. The van der Waals surface area contributed by atoms with Crippen molar-refractivity contribution in [2.75, 3.05) is 19.8 Å². The summed E-state index contributed by atoms with van der Waals surface area (Å²) in [6.45, 7) is 1.41. The molecule has 1 aliphatic carbocycles. The van der Waals surface area contributed by atoms with Gasteiger partial charge in [-0.25, -0.2) is 0 Å². The zero-order valence-electron chi connectivity index (χ0n) is 9.57. The van der Waals surface area contributed by atoms with Gasteiger partial charge in [0.05, 0.1) is 19.8 Å². The van der Waals surface area contributed by atoms with Gasteiger partial charge in [0.15, 0.2) is 17.3 Å². The van der Waals surface area contributed by atoms with E-state index >= 15 is 0 Å². The summed E-state index contributed by atoms with van der Waals surface area (Å²) < 4.78 is 11.5. The van der Waals surface area contributed by atoms with E-state index in [1.807, 2.05) is 0 Å². The number of hydrogen-bond donors (Lipinski definition) is 1. The van der Waals surface area contributed by atoms with E-state index in [-0.39, 0.29) is 17.7 Å². The van der Waals surface area contributed by atoms with E-state index in [0.29, 0.717) is 24.5 Å². The normalized spacial score (nSPS) is 19.8. The summed E-state index contributed by atoms with van der Waals surface area (Å²) in [6.07, 6.45) is 2.32. The van der Waals surface area contributed by atoms with Gasteiger partial charge in [0, 0.05) is 11.0 Å². The Balaban J connectivity index is 1.88. The van der Waals surface area contributed by atoms with Crippen LogP contribution in [0.15, 0.2) is 18.2 Å². The lowest BCUT2D eigenvalue weighted by Crippen LogP contribution is -2.17. The van der Waals surface area contributed by atoms with Crippen molar-refractivity contribution in [2.45, 2.75) is 12.8 Å². The van der Waals surface area contributed by atoms with Crippen LogP contribution in [0.4, 0.5) is 0 Å². The van der Waals surface area contributed by atoms with Crippen molar-refractivity contribution in [3.63, 3.8) is 0 Å². The molecular formula is C13H15NO3. The van der Waals surface area contributed by atoms with Crippen LogP contribution in [0.25, 0.3) is 0 Å². The number of nitrogens with two attached hydrogens (primary N) is 1. The molecular weight excluding hydrogens is 218 g/mol. The van der Waals surface area contributed by atoms with Crippen LogP contribution in [-0.4, -0.2) is 25.5 Å². The molecule has 0 aromatic heterocycles. The first-order valence-corrected chi connectivity index (χ1v) is 5.85. The molecule has 1 heterocycles. The van der Waals surface area contributed by atoms with Gasteiger partial charge in [-0.2, -0.15) is 0 Å². The van der Waals surface area contributed by atoms with Gasteiger partial charge in [-0.15, -0.1) is 0 Å². The average molecular weight is 233 g/mol. The predicted molar refractivity (Wildman–Crippen MR) is 62.5 cm³/mol. The van der Waals surface area contributed by atoms with Gasteiger partial charge < -0.3 is 15.2 Å². The predicted octanol–water partition coefficient (Wildman–Crippen LogP) is 1.38. The van der Waals surface area contributed by atoms with E-state index in [9.17, 15) is 4.79 Å². The summed E-state index contributed by atoms with van der Waals surface area (Å²) in [5.74, 6) is 1.30. The summed E-state index contributed by atoms with van der Waals surface area (Å²) in [6, 6.07) is 5.26. The van der Waals surface area contributed by atoms with Crippen molar-refractivity contribution in [3.8, 4) is 11.5 Å². The Bertz CT molecular complexity index is 466. The molecule has 90 valence electrons. The molecule has 1 aromatic carbocycles. The van der Waals surface area contributed by atoms with Crippen molar-refractivity contribution in [1.82, 2.24) is 0 Å². The molecule has 4 nitrogen and oxygen atoms in total. The number of benzene rings is 1. The number of fused-ring (bicyclic) bond motifs is 1. The van der Waals surface area contributed by atoms with Gasteiger partial charge in [-0.1, -0.05) is 0 Å². The van der Waals surface area contributed by atoms with Crippen LogP contribution in [0.5, 0.6) is 11.5 Å². The molecule has 4 heteroatoms. The lowest BCUT2D eigenvalue weighted by atomic mass is 10.1. The molecule has 0 unspecified atom stereocenters. The lowest BCUT2D eigenvalue weighted by molar-refractivity contribution is 0.100. The molecule has 0 bridgehead atoms. The summed E-state index contributed by atoms with van der Waals surface area (Å²) >= 11 is 0. The van der Waals surface area contributed by atoms with Gasteiger partial charge in [0.25, 0.3) is 0 Å². The molecule has 0 radical (unpaired) electrons. The van der Waals surface area contributed by atoms with Crippen LogP contribution in [0.3, 0.4) is 0 Å². The summed E-state index contributed by atoms with van der Waals surface area (Å²) in [5.41, 5.74) is 6.15. The van der Waals surface area contributed by atoms with Crippen molar-refractivity contribution < 1.29 is 14.3 Å². The second kappa shape index (κ2) is 3.74. The van der Waals surface area contributed by atoms with Crippen molar-refractivity contribution >= 4 is 5.78 Å². The molecule has 0 saturated heterocycles. The molecule has 1 saturated carbocycles. The Morgan fingerprint density at radius 2 is 1.94 bits per heavy atom. The van der Waals surface area contributed by atoms with E-state index < -0.39 is 0 Å². The van der Waals surface area contributed by atoms with Crippen molar-refractivity contribution in [1.29, 1.82) is 0 Å².